The van der Waals surface area contributed by atoms with Gasteiger partial charge in [-0.25, -0.2) is 36.1 Å². The van der Waals surface area contributed by atoms with E-state index >= 15 is 0 Å². The summed E-state index contributed by atoms with van der Waals surface area (Å²) < 4.78 is 68.9. The summed E-state index contributed by atoms with van der Waals surface area (Å²) in [5.74, 6) is -4.16. The summed E-state index contributed by atoms with van der Waals surface area (Å²) in [6.07, 6.45) is 0.885. The third kappa shape index (κ3) is 4.93. The Morgan fingerprint density at radius 2 is 1.83 bits per heavy atom. The number of carbonyl (C=O) groups is 2. The first-order valence-corrected chi connectivity index (χ1v) is 14.0. The van der Waals surface area contributed by atoms with E-state index in [4.69, 9.17) is 0 Å². The number of carbonyl (C=O) groups excluding carboxylic acids is 2. The Labute approximate surface area is 203 Å². The normalized spacial score (nSPS) is 35.2. The predicted octanol–water partition coefficient (Wildman–Crippen LogP) is 1.32. The van der Waals surface area contributed by atoms with Crippen molar-refractivity contribution in [2.75, 3.05) is 39.9 Å². The van der Waals surface area contributed by atoms with Crippen molar-refractivity contribution in [3.63, 3.8) is 0 Å². The number of fused-ring (bicyclic) bond motifs is 1. The van der Waals surface area contributed by atoms with Gasteiger partial charge in [-0.05, 0) is 38.0 Å². The highest BCUT2D eigenvalue weighted by atomic mass is 32.2. The lowest BCUT2D eigenvalue weighted by atomic mass is 9.77. The number of hydrazine groups is 1. The van der Waals surface area contributed by atoms with E-state index in [1.165, 1.54) is 4.90 Å². The molecule has 5 fully saturated rings. The SMILES string of the molecule is CN1CC(CN2C(=O)C3CC(S(=O)(=O)NC4(CF)CC4)CCC3N(CC3CC(F)(F)C3)C2=O)CN1. The number of alkyl halides is 3. The highest BCUT2D eigenvalue weighted by molar-refractivity contribution is 7.90. The van der Waals surface area contributed by atoms with Crippen LogP contribution in [0.3, 0.4) is 0 Å². The molecule has 3 saturated carbocycles. The molecule has 0 radical (unpaired) electrons. The van der Waals surface area contributed by atoms with Gasteiger partial charge in [0, 0.05) is 58.0 Å². The molecule has 2 N–H and O–H groups in total. The summed E-state index contributed by atoms with van der Waals surface area (Å²) in [5.41, 5.74) is 2.13. The third-order valence-electron chi connectivity index (χ3n) is 8.39. The summed E-state index contributed by atoms with van der Waals surface area (Å²) in [4.78, 5) is 29.7. The smallest absolute Gasteiger partial charge is 0.320 e. The van der Waals surface area contributed by atoms with Gasteiger partial charge in [0.1, 0.15) is 6.67 Å². The van der Waals surface area contributed by atoms with E-state index in [1.807, 2.05) is 12.1 Å². The largest absolute Gasteiger partial charge is 0.326 e. The zero-order valence-electron chi connectivity index (χ0n) is 19.9. The van der Waals surface area contributed by atoms with Gasteiger partial charge in [-0.3, -0.25) is 15.1 Å². The number of sulfonamides is 1. The van der Waals surface area contributed by atoms with Crippen molar-refractivity contribution in [3.05, 3.63) is 0 Å². The summed E-state index contributed by atoms with van der Waals surface area (Å²) in [6, 6.07) is -0.970. The van der Waals surface area contributed by atoms with Gasteiger partial charge in [-0.1, -0.05) is 0 Å². The lowest BCUT2D eigenvalue weighted by Gasteiger charge is -2.50. The van der Waals surface area contributed by atoms with Crippen LogP contribution in [0.2, 0.25) is 0 Å². The van der Waals surface area contributed by atoms with E-state index in [2.05, 4.69) is 10.1 Å². The molecule has 0 bridgehead atoms. The number of hydrogen-bond acceptors (Lipinski definition) is 6. The second-order valence-corrected chi connectivity index (χ2v) is 13.3. The molecule has 4 atom stereocenters. The number of urea groups is 1. The van der Waals surface area contributed by atoms with Gasteiger partial charge in [-0.15, -0.1) is 0 Å². The monoisotopic (exact) mass is 521 g/mol. The highest BCUT2D eigenvalue weighted by Gasteiger charge is 2.55. The first kappa shape index (κ1) is 25.2. The van der Waals surface area contributed by atoms with Gasteiger partial charge < -0.3 is 4.90 Å². The molecule has 198 valence electrons. The van der Waals surface area contributed by atoms with E-state index in [0.29, 0.717) is 32.4 Å². The maximum Gasteiger partial charge on any atom is 0.326 e. The molecule has 5 aliphatic rings. The quantitative estimate of drug-likeness (QED) is 0.500. The number of imide groups is 1. The molecule has 0 aromatic heterocycles. The fourth-order valence-electron chi connectivity index (χ4n) is 6.18. The Balaban J connectivity index is 1.35. The van der Waals surface area contributed by atoms with Crippen LogP contribution in [0.4, 0.5) is 18.0 Å². The minimum atomic E-state index is -3.85. The standard InChI is InChI=1S/C22H34F3N5O4S/c1-28-10-15(9-26-28)12-30-19(31)17-6-16(35(33,34)27-21(13-23)4-5-21)2-3-18(17)29(20(30)32)11-14-7-22(24,25)8-14/h14-18,26-27H,2-13H2,1H3. The van der Waals surface area contributed by atoms with Crippen LogP contribution in [-0.2, 0) is 14.8 Å². The Hall–Kier alpha value is -1.44. The second kappa shape index (κ2) is 8.84. The third-order valence-corrected chi connectivity index (χ3v) is 10.4. The number of amides is 3. The maximum absolute atomic E-state index is 13.5. The second-order valence-electron chi connectivity index (χ2n) is 11.3. The zero-order valence-corrected chi connectivity index (χ0v) is 20.7. The molecule has 0 aromatic carbocycles. The zero-order chi connectivity index (χ0) is 25.2. The molecular formula is C22H34F3N5O4S. The first-order chi connectivity index (χ1) is 16.4. The molecule has 35 heavy (non-hydrogen) atoms. The Morgan fingerprint density at radius 3 is 2.40 bits per heavy atom. The van der Waals surface area contributed by atoms with Crippen molar-refractivity contribution in [3.8, 4) is 0 Å². The molecule has 13 heteroatoms. The lowest BCUT2D eigenvalue weighted by molar-refractivity contribution is -0.145. The molecule has 4 unspecified atom stereocenters. The predicted molar refractivity (Wildman–Crippen MR) is 121 cm³/mol. The average Bonchev–Trinajstić information content (AvgIpc) is 3.42. The molecule has 5 rings (SSSR count). The fourth-order valence-corrected chi connectivity index (χ4v) is 8.12. The molecule has 0 spiro atoms. The first-order valence-electron chi connectivity index (χ1n) is 12.5. The van der Waals surface area contributed by atoms with Gasteiger partial charge in [0.15, 0.2) is 0 Å². The number of halogens is 3. The van der Waals surface area contributed by atoms with Gasteiger partial charge in [0.05, 0.1) is 16.7 Å². The molecule has 9 nitrogen and oxygen atoms in total. The Morgan fingerprint density at radius 1 is 1.11 bits per heavy atom. The van der Waals surface area contributed by atoms with E-state index in [9.17, 15) is 31.2 Å². The van der Waals surface area contributed by atoms with Crippen molar-refractivity contribution in [2.45, 2.75) is 67.7 Å². The van der Waals surface area contributed by atoms with Gasteiger partial charge in [0.25, 0.3) is 0 Å². The van der Waals surface area contributed by atoms with Gasteiger partial charge in [-0.2, -0.15) is 0 Å². The van der Waals surface area contributed by atoms with E-state index in [-0.39, 0.29) is 50.6 Å². The van der Waals surface area contributed by atoms with Gasteiger partial charge >= 0.3 is 6.03 Å². The van der Waals surface area contributed by atoms with Crippen molar-refractivity contribution in [1.82, 2.24) is 25.0 Å². The molecule has 2 heterocycles. The Kier molecular flexibility index (Phi) is 6.37. The highest BCUT2D eigenvalue weighted by Crippen LogP contribution is 2.45. The van der Waals surface area contributed by atoms with Gasteiger partial charge in [0.2, 0.25) is 21.9 Å². The van der Waals surface area contributed by atoms with E-state index < -0.39 is 57.3 Å². The van der Waals surface area contributed by atoms with Crippen LogP contribution in [0, 0.1) is 17.8 Å². The molecule has 0 aromatic rings. The maximum atomic E-state index is 13.5. The van der Waals surface area contributed by atoms with E-state index in [0.717, 1.165) is 0 Å². The van der Waals surface area contributed by atoms with Crippen molar-refractivity contribution in [2.24, 2.45) is 17.8 Å². The fraction of sp³-hybridized carbons (Fsp3) is 0.909. The lowest BCUT2D eigenvalue weighted by Crippen LogP contribution is -2.66. The van der Waals surface area contributed by atoms with Crippen LogP contribution >= 0.6 is 0 Å². The van der Waals surface area contributed by atoms with Crippen molar-refractivity contribution in [1.29, 1.82) is 0 Å². The molecule has 2 aliphatic heterocycles. The molecule has 3 amide bonds. The summed E-state index contributed by atoms with van der Waals surface area (Å²) in [7, 11) is -1.99. The van der Waals surface area contributed by atoms with Crippen molar-refractivity contribution < 1.29 is 31.2 Å². The topological polar surface area (TPSA) is 102 Å². The Bertz CT molecular complexity index is 970. The van der Waals surface area contributed by atoms with Crippen LogP contribution in [0.25, 0.3) is 0 Å². The number of nitrogens with one attached hydrogen (secondary N) is 2. The van der Waals surface area contributed by atoms with Crippen LogP contribution in [0.15, 0.2) is 0 Å². The number of nitrogens with zero attached hydrogens (tertiary/aromatic N) is 3. The van der Waals surface area contributed by atoms with Crippen LogP contribution in [0.1, 0.15) is 44.9 Å². The minimum Gasteiger partial charge on any atom is -0.320 e. The summed E-state index contributed by atoms with van der Waals surface area (Å²) in [5, 5.41) is 1.02. The summed E-state index contributed by atoms with van der Waals surface area (Å²) in [6.45, 7) is 0.809. The molecule has 3 aliphatic carbocycles. The van der Waals surface area contributed by atoms with Crippen LogP contribution in [0.5, 0.6) is 0 Å². The molecular weight excluding hydrogens is 487 g/mol. The summed E-state index contributed by atoms with van der Waals surface area (Å²) >= 11 is 0. The number of hydrogen-bond donors (Lipinski definition) is 2. The number of rotatable bonds is 8. The van der Waals surface area contributed by atoms with Crippen LogP contribution in [-0.4, -0.2) is 97.8 Å². The minimum absolute atomic E-state index is 0.0170. The molecule has 2 saturated heterocycles. The van der Waals surface area contributed by atoms with Crippen LogP contribution < -0.4 is 10.1 Å². The average molecular weight is 522 g/mol. The van der Waals surface area contributed by atoms with E-state index in [1.54, 1.807) is 4.90 Å². The van der Waals surface area contributed by atoms with Crippen molar-refractivity contribution >= 4 is 22.0 Å².